The van der Waals surface area contributed by atoms with Crippen LogP contribution in [0, 0.1) is 6.92 Å². The number of carboxylic acid groups (broad SMARTS) is 1. The van der Waals surface area contributed by atoms with E-state index in [1.807, 2.05) is 6.92 Å². The van der Waals surface area contributed by atoms with Gasteiger partial charge in [0.15, 0.2) is 0 Å². The minimum absolute atomic E-state index is 0.0188. The van der Waals surface area contributed by atoms with Crippen molar-refractivity contribution in [2.75, 3.05) is 14.2 Å². The molecule has 0 bridgehead atoms. The van der Waals surface area contributed by atoms with Crippen LogP contribution < -0.4 is 9.47 Å². The predicted octanol–water partition coefficient (Wildman–Crippen LogP) is 2.63. The molecule has 0 saturated heterocycles. The second-order valence-electron chi connectivity index (χ2n) is 7.44. The van der Waals surface area contributed by atoms with Gasteiger partial charge in [0.25, 0.3) is 0 Å². The van der Waals surface area contributed by atoms with E-state index in [9.17, 15) is 9.90 Å². The van der Waals surface area contributed by atoms with E-state index in [0.717, 1.165) is 31.2 Å². The van der Waals surface area contributed by atoms with Gasteiger partial charge in [-0.25, -0.2) is 0 Å². The Hall–Kier alpha value is -2.65. The van der Waals surface area contributed by atoms with E-state index in [-0.39, 0.29) is 30.7 Å². The van der Waals surface area contributed by atoms with Gasteiger partial charge in [0.1, 0.15) is 24.0 Å². The summed E-state index contributed by atoms with van der Waals surface area (Å²) in [5.74, 6) is 0.390. The zero-order valence-corrected chi connectivity index (χ0v) is 17.5. The molecule has 0 unspecified atom stereocenters. The molecule has 1 aromatic carbocycles. The Morgan fingerprint density at radius 3 is 2.33 bits per heavy atom. The Labute approximate surface area is 175 Å². The van der Waals surface area contributed by atoms with Gasteiger partial charge in [-0.15, -0.1) is 10.2 Å². The van der Waals surface area contributed by atoms with Crippen LogP contribution in [0.2, 0.25) is 0 Å². The van der Waals surface area contributed by atoms with Crippen LogP contribution in [0.4, 0.5) is 0 Å². The summed E-state index contributed by atoms with van der Waals surface area (Å²) in [4.78, 5) is 10.9. The number of hydrogen-bond acceptors (Lipinski definition) is 8. The van der Waals surface area contributed by atoms with Crippen molar-refractivity contribution in [1.82, 2.24) is 10.2 Å². The SMILES string of the molecule is COc1cc([C@@H](O)[C@H](Cc2nnc(CC(=O)O)o2)OC2CCCC2)cc(OC)c1C. The summed E-state index contributed by atoms with van der Waals surface area (Å²) in [5.41, 5.74) is 1.42. The van der Waals surface area contributed by atoms with Crippen LogP contribution in [0.5, 0.6) is 11.5 Å². The largest absolute Gasteiger partial charge is 0.496 e. The van der Waals surface area contributed by atoms with E-state index in [2.05, 4.69) is 10.2 Å². The molecule has 9 nitrogen and oxygen atoms in total. The Morgan fingerprint density at radius 2 is 1.77 bits per heavy atom. The lowest BCUT2D eigenvalue weighted by Gasteiger charge is -2.26. The first-order valence-corrected chi connectivity index (χ1v) is 10.00. The Bertz CT molecular complexity index is 836. The lowest BCUT2D eigenvalue weighted by molar-refractivity contribution is -0.136. The van der Waals surface area contributed by atoms with Gasteiger partial charge in [0.05, 0.1) is 32.8 Å². The summed E-state index contributed by atoms with van der Waals surface area (Å²) in [7, 11) is 3.12. The number of nitrogens with zero attached hydrogens (tertiary/aromatic N) is 2. The highest BCUT2D eigenvalue weighted by atomic mass is 16.5. The van der Waals surface area contributed by atoms with E-state index in [1.54, 1.807) is 26.4 Å². The normalized spacial score (nSPS) is 16.4. The van der Waals surface area contributed by atoms with Crippen molar-refractivity contribution in [3.63, 3.8) is 0 Å². The van der Waals surface area contributed by atoms with Crippen molar-refractivity contribution >= 4 is 5.97 Å². The smallest absolute Gasteiger partial charge is 0.312 e. The maximum absolute atomic E-state index is 11.2. The molecule has 1 fully saturated rings. The number of aromatic nitrogens is 2. The van der Waals surface area contributed by atoms with Crippen molar-refractivity contribution in [2.45, 2.75) is 63.8 Å². The number of ether oxygens (including phenoxy) is 3. The van der Waals surface area contributed by atoms with Crippen LogP contribution in [0.25, 0.3) is 0 Å². The minimum atomic E-state index is -1.05. The summed E-state index contributed by atoms with van der Waals surface area (Å²) < 4.78 is 22.5. The first-order valence-electron chi connectivity index (χ1n) is 10.00. The number of aliphatic hydroxyl groups is 1. The Morgan fingerprint density at radius 1 is 1.17 bits per heavy atom. The molecule has 2 atom stereocenters. The summed E-state index contributed by atoms with van der Waals surface area (Å²) in [6, 6.07) is 3.52. The van der Waals surface area contributed by atoms with E-state index >= 15 is 0 Å². The van der Waals surface area contributed by atoms with Gasteiger partial charge in [-0.1, -0.05) is 12.8 Å². The van der Waals surface area contributed by atoms with Crippen LogP contribution in [-0.4, -0.2) is 52.8 Å². The van der Waals surface area contributed by atoms with E-state index in [1.165, 1.54) is 0 Å². The molecule has 0 radical (unpaired) electrons. The van der Waals surface area contributed by atoms with Crippen molar-refractivity contribution < 1.29 is 33.6 Å². The molecule has 1 aromatic heterocycles. The van der Waals surface area contributed by atoms with Crippen LogP contribution in [0.1, 0.15) is 54.7 Å². The predicted molar refractivity (Wildman–Crippen MR) is 106 cm³/mol. The molecule has 1 aliphatic carbocycles. The van der Waals surface area contributed by atoms with Crippen molar-refractivity contribution in [1.29, 1.82) is 0 Å². The van der Waals surface area contributed by atoms with Gasteiger partial charge in [-0.2, -0.15) is 0 Å². The number of carbonyl (C=O) groups is 1. The third kappa shape index (κ3) is 5.28. The molecular weight excluding hydrogens is 392 g/mol. The fourth-order valence-electron chi connectivity index (χ4n) is 3.74. The number of methoxy groups -OCH3 is 2. The Balaban J connectivity index is 1.85. The van der Waals surface area contributed by atoms with E-state index < -0.39 is 18.2 Å². The quantitative estimate of drug-likeness (QED) is 0.597. The average molecular weight is 420 g/mol. The summed E-state index contributed by atoms with van der Waals surface area (Å²) in [6.45, 7) is 1.88. The summed E-state index contributed by atoms with van der Waals surface area (Å²) in [5, 5.41) is 27.7. The topological polar surface area (TPSA) is 124 Å². The first kappa shape index (κ1) is 22.0. The zero-order valence-electron chi connectivity index (χ0n) is 17.5. The van der Waals surface area contributed by atoms with Crippen LogP contribution >= 0.6 is 0 Å². The maximum atomic E-state index is 11.2. The van der Waals surface area contributed by atoms with Crippen molar-refractivity contribution in [3.05, 3.63) is 35.0 Å². The first-order chi connectivity index (χ1) is 14.4. The van der Waals surface area contributed by atoms with Gasteiger partial charge in [0.2, 0.25) is 11.8 Å². The van der Waals surface area contributed by atoms with Crippen LogP contribution in [0.15, 0.2) is 16.5 Å². The summed E-state index contributed by atoms with van der Waals surface area (Å²) >= 11 is 0. The molecule has 1 saturated carbocycles. The highest BCUT2D eigenvalue weighted by molar-refractivity contribution is 5.68. The second kappa shape index (κ2) is 9.90. The molecule has 30 heavy (non-hydrogen) atoms. The van der Waals surface area contributed by atoms with Crippen molar-refractivity contribution in [3.8, 4) is 11.5 Å². The molecular formula is C21H28N2O7. The van der Waals surface area contributed by atoms with E-state index in [0.29, 0.717) is 17.1 Å². The molecule has 1 heterocycles. The fraction of sp³-hybridized carbons (Fsp3) is 0.571. The van der Waals surface area contributed by atoms with Gasteiger partial charge < -0.3 is 28.8 Å². The number of carboxylic acids is 1. The van der Waals surface area contributed by atoms with Gasteiger partial charge in [-0.3, -0.25) is 4.79 Å². The van der Waals surface area contributed by atoms with Crippen LogP contribution in [-0.2, 0) is 22.4 Å². The molecule has 2 aromatic rings. The molecule has 3 rings (SSSR count). The third-order valence-electron chi connectivity index (χ3n) is 5.32. The minimum Gasteiger partial charge on any atom is -0.496 e. The molecule has 0 aliphatic heterocycles. The second-order valence-corrected chi connectivity index (χ2v) is 7.44. The lowest BCUT2D eigenvalue weighted by atomic mass is 9.99. The fourth-order valence-corrected chi connectivity index (χ4v) is 3.74. The monoisotopic (exact) mass is 420 g/mol. The molecule has 1 aliphatic rings. The average Bonchev–Trinajstić information content (AvgIpc) is 3.39. The van der Waals surface area contributed by atoms with Crippen molar-refractivity contribution in [2.24, 2.45) is 0 Å². The zero-order chi connectivity index (χ0) is 21.7. The van der Waals surface area contributed by atoms with Gasteiger partial charge >= 0.3 is 5.97 Å². The third-order valence-corrected chi connectivity index (χ3v) is 5.32. The molecule has 0 amide bonds. The lowest BCUT2D eigenvalue weighted by Crippen LogP contribution is -2.29. The summed E-state index contributed by atoms with van der Waals surface area (Å²) in [6.07, 6.45) is 2.23. The van der Waals surface area contributed by atoms with Crippen LogP contribution in [0.3, 0.4) is 0 Å². The number of hydrogen-bond donors (Lipinski definition) is 2. The maximum Gasteiger partial charge on any atom is 0.312 e. The number of aliphatic hydroxyl groups excluding tert-OH is 1. The van der Waals surface area contributed by atoms with Gasteiger partial charge in [-0.05, 0) is 37.5 Å². The Kier molecular flexibility index (Phi) is 7.28. The highest BCUT2D eigenvalue weighted by Crippen LogP contribution is 2.35. The molecule has 2 N–H and O–H groups in total. The standard InChI is InChI=1S/C21H28N2O7/c1-12-15(27-2)8-13(9-16(12)28-3)21(26)17(29-14-6-4-5-7-14)10-18-22-23-19(30-18)11-20(24)25/h8-9,14,17,21,26H,4-7,10-11H2,1-3H3,(H,24,25)/t17-,21+/m0/s1. The highest BCUT2D eigenvalue weighted by Gasteiger charge is 2.30. The number of rotatable bonds is 10. The van der Waals surface area contributed by atoms with Gasteiger partial charge in [0, 0.05) is 5.56 Å². The molecule has 164 valence electrons. The van der Waals surface area contributed by atoms with E-state index in [4.69, 9.17) is 23.7 Å². The molecule has 0 spiro atoms. The number of benzene rings is 1. The number of aliphatic carboxylic acids is 1. The molecule has 9 heteroatoms.